The van der Waals surface area contributed by atoms with Gasteiger partial charge in [-0.15, -0.1) is 0 Å². The fourth-order valence-electron chi connectivity index (χ4n) is 1.53. The van der Waals surface area contributed by atoms with Crippen LogP contribution in [0.1, 0.15) is 20.7 Å². The number of fused-ring (bicyclic) bond motifs is 1. The first-order valence-electron chi connectivity index (χ1n) is 5.54. The van der Waals surface area contributed by atoms with Gasteiger partial charge in [-0.05, 0) is 36.4 Å². The van der Waals surface area contributed by atoms with E-state index in [0.717, 1.165) is 11.4 Å². The lowest BCUT2D eigenvalue weighted by atomic mass is 10.1. The first-order valence-corrected chi connectivity index (χ1v) is 5.54. The number of ether oxygens (including phenoxy) is 1. The van der Waals surface area contributed by atoms with E-state index in [4.69, 9.17) is 11.5 Å². The molecule has 0 saturated carbocycles. The summed E-state index contributed by atoms with van der Waals surface area (Å²) in [6.07, 6.45) is 0. The van der Waals surface area contributed by atoms with Gasteiger partial charge in [-0.1, -0.05) is 12.1 Å². The summed E-state index contributed by atoms with van der Waals surface area (Å²) in [4.78, 5) is 21.7. The average molecular weight is 256 g/mol. The van der Waals surface area contributed by atoms with Crippen molar-refractivity contribution in [3.63, 3.8) is 0 Å². The molecule has 5 nitrogen and oxygen atoms in total. The first kappa shape index (κ1) is 12.6. The molecular formula is C14H12N2O3. The second-order valence-electron chi connectivity index (χ2n) is 3.89. The predicted molar refractivity (Wildman–Crippen MR) is 71.5 cm³/mol. The van der Waals surface area contributed by atoms with Crippen LogP contribution in [0.5, 0.6) is 0 Å². The Hall–Kier alpha value is -2.82. The summed E-state index contributed by atoms with van der Waals surface area (Å²) >= 11 is 0. The Balaban J connectivity index is 0.000000148. The molecule has 0 amide bonds. The van der Waals surface area contributed by atoms with Crippen LogP contribution in [0.25, 0.3) is 0 Å². The normalized spacial score (nSPS) is 12.2. The molecule has 0 radical (unpaired) electrons. The molecule has 0 saturated heterocycles. The maximum atomic E-state index is 10.8. The molecule has 1 aliphatic rings. The zero-order chi connectivity index (χ0) is 13.8. The Bertz CT molecular complexity index is 567. The van der Waals surface area contributed by atoms with E-state index in [1.807, 2.05) is 0 Å². The van der Waals surface area contributed by atoms with Crippen LogP contribution < -0.4 is 11.5 Å². The second kappa shape index (κ2) is 5.22. The Labute approximate surface area is 109 Å². The standard InChI is InChI=1S/C8H4O3.C6H8N2/c9-7-5-3-1-2-4-6(5)8(10)11-7;7-5-1-2-6(8)4-3-5/h1-4H;1-4H,7-8H2. The van der Waals surface area contributed by atoms with Gasteiger partial charge in [0.05, 0.1) is 11.1 Å². The van der Waals surface area contributed by atoms with E-state index in [1.165, 1.54) is 0 Å². The molecule has 0 fully saturated rings. The van der Waals surface area contributed by atoms with Crippen molar-refractivity contribution in [1.82, 2.24) is 0 Å². The molecule has 0 aromatic heterocycles. The van der Waals surface area contributed by atoms with E-state index in [2.05, 4.69) is 4.74 Å². The molecule has 5 heteroatoms. The molecule has 19 heavy (non-hydrogen) atoms. The van der Waals surface area contributed by atoms with E-state index in [0.29, 0.717) is 11.1 Å². The minimum atomic E-state index is -0.550. The molecule has 0 atom stereocenters. The highest BCUT2D eigenvalue weighted by molar-refractivity contribution is 6.14. The van der Waals surface area contributed by atoms with Gasteiger partial charge in [-0.2, -0.15) is 0 Å². The summed E-state index contributed by atoms with van der Waals surface area (Å²) in [6.45, 7) is 0. The van der Waals surface area contributed by atoms with Crippen LogP contribution in [0.2, 0.25) is 0 Å². The summed E-state index contributed by atoms with van der Waals surface area (Å²) in [5.41, 5.74) is 13.0. The van der Waals surface area contributed by atoms with Gasteiger partial charge >= 0.3 is 11.9 Å². The molecule has 1 heterocycles. The number of nitrogen functional groups attached to an aromatic ring is 2. The summed E-state index contributed by atoms with van der Waals surface area (Å²) in [6, 6.07) is 13.6. The summed E-state index contributed by atoms with van der Waals surface area (Å²) in [5.74, 6) is -1.10. The minimum Gasteiger partial charge on any atom is -0.399 e. The fraction of sp³-hybridized carbons (Fsp3) is 0. The van der Waals surface area contributed by atoms with E-state index in [1.54, 1.807) is 48.5 Å². The van der Waals surface area contributed by atoms with Crippen LogP contribution in [0, 0.1) is 0 Å². The second-order valence-corrected chi connectivity index (χ2v) is 3.89. The van der Waals surface area contributed by atoms with Crippen molar-refractivity contribution in [2.75, 3.05) is 11.5 Å². The van der Waals surface area contributed by atoms with Crippen molar-refractivity contribution in [2.24, 2.45) is 0 Å². The molecule has 2 aromatic rings. The number of hydrogen-bond donors (Lipinski definition) is 2. The highest BCUT2D eigenvalue weighted by Crippen LogP contribution is 2.18. The molecule has 2 aromatic carbocycles. The number of cyclic esters (lactones) is 2. The Morgan fingerprint density at radius 1 is 0.684 bits per heavy atom. The van der Waals surface area contributed by atoms with Gasteiger partial charge in [-0.3, -0.25) is 0 Å². The number of carbonyl (C=O) groups excluding carboxylic acids is 2. The quantitative estimate of drug-likeness (QED) is 0.426. The SMILES string of the molecule is Nc1ccc(N)cc1.O=C1OC(=O)c2ccccc21. The Morgan fingerprint density at radius 2 is 1.05 bits per heavy atom. The molecule has 0 unspecified atom stereocenters. The molecule has 4 N–H and O–H groups in total. The third-order valence-corrected chi connectivity index (χ3v) is 2.49. The number of rotatable bonds is 0. The van der Waals surface area contributed by atoms with Crippen LogP contribution in [0.3, 0.4) is 0 Å². The van der Waals surface area contributed by atoms with Crippen molar-refractivity contribution in [2.45, 2.75) is 0 Å². The third-order valence-electron chi connectivity index (χ3n) is 2.49. The fourth-order valence-corrected chi connectivity index (χ4v) is 1.53. The van der Waals surface area contributed by atoms with Gasteiger partial charge in [-0.25, -0.2) is 9.59 Å². The highest BCUT2D eigenvalue weighted by atomic mass is 16.6. The lowest BCUT2D eigenvalue weighted by Crippen LogP contribution is -1.96. The molecule has 0 spiro atoms. The van der Waals surface area contributed by atoms with Crippen molar-refractivity contribution >= 4 is 23.3 Å². The van der Waals surface area contributed by atoms with Crippen LogP contribution in [0.4, 0.5) is 11.4 Å². The average Bonchev–Trinajstić information content (AvgIpc) is 2.70. The third kappa shape index (κ3) is 2.90. The van der Waals surface area contributed by atoms with Crippen LogP contribution in [-0.4, -0.2) is 11.9 Å². The molecule has 96 valence electrons. The number of anilines is 2. The van der Waals surface area contributed by atoms with Crippen molar-refractivity contribution < 1.29 is 14.3 Å². The van der Waals surface area contributed by atoms with Gasteiger partial charge in [0.2, 0.25) is 0 Å². The number of benzene rings is 2. The summed E-state index contributed by atoms with van der Waals surface area (Å²) in [7, 11) is 0. The lowest BCUT2D eigenvalue weighted by Gasteiger charge is -1.90. The van der Waals surface area contributed by atoms with Crippen LogP contribution >= 0.6 is 0 Å². The van der Waals surface area contributed by atoms with Gasteiger partial charge in [0, 0.05) is 11.4 Å². The van der Waals surface area contributed by atoms with Crippen molar-refractivity contribution in [1.29, 1.82) is 0 Å². The van der Waals surface area contributed by atoms with Gasteiger partial charge in [0.25, 0.3) is 0 Å². The molecule has 1 aliphatic heterocycles. The van der Waals surface area contributed by atoms with Crippen molar-refractivity contribution in [3.8, 4) is 0 Å². The molecule has 0 aliphatic carbocycles. The van der Waals surface area contributed by atoms with Gasteiger partial charge in [0.15, 0.2) is 0 Å². The first-order chi connectivity index (χ1) is 9.08. The maximum absolute atomic E-state index is 10.8. The van der Waals surface area contributed by atoms with Crippen LogP contribution in [-0.2, 0) is 4.74 Å². The highest BCUT2D eigenvalue weighted by Gasteiger charge is 2.28. The molecule has 3 rings (SSSR count). The zero-order valence-corrected chi connectivity index (χ0v) is 10.00. The summed E-state index contributed by atoms with van der Waals surface area (Å²) in [5, 5.41) is 0. The number of carbonyl (C=O) groups is 2. The Kier molecular flexibility index (Phi) is 3.47. The molecule has 0 bridgehead atoms. The number of nitrogens with two attached hydrogens (primary N) is 2. The van der Waals surface area contributed by atoms with Gasteiger partial charge in [0.1, 0.15) is 0 Å². The number of esters is 2. The van der Waals surface area contributed by atoms with E-state index < -0.39 is 11.9 Å². The zero-order valence-electron chi connectivity index (χ0n) is 10.00. The predicted octanol–water partition coefficient (Wildman–Crippen LogP) is 1.85. The number of hydrogen-bond acceptors (Lipinski definition) is 5. The maximum Gasteiger partial charge on any atom is 0.346 e. The lowest BCUT2D eigenvalue weighted by molar-refractivity contribution is 0.0444. The topological polar surface area (TPSA) is 95.4 Å². The van der Waals surface area contributed by atoms with Gasteiger partial charge < -0.3 is 16.2 Å². The Morgan fingerprint density at radius 3 is 1.42 bits per heavy atom. The van der Waals surface area contributed by atoms with Crippen LogP contribution in [0.15, 0.2) is 48.5 Å². The monoisotopic (exact) mass is 256 g/mol. The van der Waals surface area contributed by atoms with E-state index in [9.17, 15) is 9.59 Å². The van der Waals surface area contributed by atoms with E-state index >= 15 is 0 Å². The van der Waals surface area contributed by atoms with Crippen molar-refractivity contribution in [3.05, 3.63) is 59.7 Å². The smallest absolute Gasteiger partial charge is 0.346 e. The molecular weight excluding hydrogens is 244 g/mol. The minimum absolute atomic E-state index is 0.359. The summed E-state index contributed by atoms with van der Waals surface area (Å²) < 4.78 is 4.35. The van der Waals surface area contributed by atoms with E-state index in [-0.39, 0.29) is 0 Å². The largest absolute Gasteiger partial charge is 0.399 e.